The number of aryl methyl sites for hydroxylation is 3. The first-order valence-corrected chi connectivity index (χ1v) is 12.4. The van der Waals surface area contributed by atoms with E-state index in [2.05, 4.69) is 10.0 Å². The molecule has 7 heteroatoms. The van der Waals surface area contributed by atoms with Gasteiger partial charge in [-0.3, -0.25) is 4.79 Å². The number of carbonyl (C=O) groups excluding carboxylic acids is 1. The van der Waals surface area contributed by atoms with E-state index in [1.54, 1.807) is 32.0 Å². The van der Waals surface area contributed by atoms with Crippen LogP contribution >= 0.6 is 0 Å². The van der Waals surface area contributed by atoms with Gasteiger partial charge in [0.2, 0.25) is 15.9 Å². The first kappa shape index (κ1) is 24.5. The Labute approximate surface area is 196 Å². The maximum Gasteiger partial charge on any atom is 0.243 e. The van der Waals surface area contributed by atoms with Crippen molar-refractivity contribution in [3.8, 4) is 5.75 Å². The van der Waals surface area contributed by atoms with Crippen molar-refractivity contribution >= 4 is 21.6 Å². The third-order valence-corrected chi connectivity index (χ3v) is 6.99. The first-order valence-electron chi connectivity index (χ1n) is 10.9. The molecule has 3 aromatic rings. The van der Waals surface area contributed by atoms with Crippen LogP contribution in [0.4, 0.5) is 5.69 Å². The minimum absolute atomic E-state index is 0.201. The summed E-state index contributed by atoms with van der Waals surface area (Å²) < 4.78 is 35.0. The van der Waals surface area contributed by atoms with Crippen LogP contribution in [0.5, 0.6) is 5.75 Å². The number of hydrogen-bond donors (Lipinski definition) is 2. The zero-order valence-corrected chi connectivity index (χ0v) is 20.2. The largest absolute Gasteiger partial charge is 0.492 e. The number of benzene rings is 3. The van der Waals surface area contributed by atoms with Gasteiger partial charge < -0.3 is 10.1 Å². The summed E-state index contributed by atoms with van der Waals surface area (Å²) in [5, 5.41) is 2.84. The summed E-state index contributed by atoms with van der Waals surface area (Å²) in [6.45, 7) is 7.75. The van der Waals surface area contributed by atoms with E-state index < -0.39 is 22.0 Å². The van der Waals surface area contributed by atoms with Gasteiger partial charge in [0.05, 0.1) is 17.2 Å². The highest BCUT2D eigenvalue weighted by Gasteiger charge is 2.29. The van der Waals surface area contributed by atoms with Crippen molar-refractivity contribution in [2.45, 2.75) is 45.1 Å². The summed E-state index contributed by atoms with van der Waals surface area (Å²) in [4.78, 5) is 13.5. The first-order chi connectivity index (χ1) is 15.7. The van der Waals surface area contributed by atoms with Gasteiger partial charge in [-0.05, 0) is 62.9 Å². The summed E-state index contributed by atoms with van der Waals surface area (Å²) in [5.74, 6) is 0.0666. The van der Waals surface area contributed by atoms with Gasteiger partial charge in [-0.2, -0.15) is 4.72 Å². The normalized spacial score (nSPS) is 12.2. The molecule has 6 nitrogen and oxygen atoms in total. The van der Waals surface area contributed by atoms with E-state index in [1.165, 1.54) is 0 Å². The van der Waals surface area contributed by atoms with Gasteiger partial charge >= 0.3 is 0 Å². The molecule has 0 saturated heterocycles. The molecule has 0 aliphatic heterocycles. The number of amides is 1. The molecule has 1 atom stereocenters. The van der Waals surface area contributed by atoms with Crippen molar-refractivity contribution in [1.82, 2.24) is 4.72 Å². The van der Waals surface area contributed by atoms with Crippen molar-refractivity contribution < 1.29 is 17.9 Å². The Hall–Kier alpha value is -3.16. The fourth-order valence-electron chi connectivity index (χ4n) is 3.95. The van der Waals surface area contributed by atoms with Crippen LogP contribution in [0, 0.1) is 20.8 Å². The summed E-state index contributed by atoms with van der Waals surface area (Å²) in [6.07, 6.45) is 0.201. The Balaban J connectivity index is 1.94. The van der Waals surface area contributed by atoms with Crippen molar-refractivity contribution in [2.24, 2.45) is 0 Å². The van der Waals surface area contributed by atoms with Gasteiger partial charge in [0.25, 0.3) is 0 Å². The molecule has 0 saturated carbocycles. The van der Waals surface area contributed by atoms with Gasteiger partial charge in [-0.15, -0.1) is 0 Å². The van der Waals surface area contributed by atoms with Crippen LogP contribution in [0.15, 0.2) is 71.6 Å². The number of carbonyl (C=O) groups is 1. The molecule has 33 heavy (non-hydrogen) atoms. The lowest BCUT2D eigenvalue weighted by Crippen LogP contribution is -2.45. The number of rotatable bonds is 9. The van der Waals surface area contributed by atoms with Gasteiger partial charge in [-0.25, -0.2) is 8.42 Å². The van der Waals surface area contributed by atoms with Gasteiger partial charge in [0.15, 0.2) is 0 Å². The van der Waals surface area contributed by atoms with Crippen LogP contribution in [0.25, 0.3) is 0 Å². The van der Waals surface area contributed by atoms with Crippen LogP contribution in [-0.2, 0) is 21.2 Å². The van der Waals surface area contributed by atoms with E-state index in [9.17, 15) is 13.2 Å². The van der Waals surface area contributed by atoms with E-state index in [1.807, 2.05) is 62.4 Å². The Morgan fingerprint density at radius 2 is 1.55 bits per heavy atom. The van der Waals surface area contributed by atoms with Crippen LogP contribution in [0.3, 0.4) is 0 Å². The highest BCUT2D eigenvalue weighted by Crippen LogP contribution is 2.25. The second-order valence-corrected chi connectivity index (χ2v) is 9.66. The van der Waals surface area contributed by atoms with Crippen molar-refractivity contribution in [3.63, 3.8) is 0 Å². The lowest BCUT2D eigenvalue weighted by atomic mass is 10.1. The van der Waals surface area contributed by atoms with Crippen LogP contribution in [-0.4, -0.2) is 27.0 Å². The molecule has 2 N–H and O–H groups in total. The molecule has 0 bridgehead atoms. The zero-order chi connectivity index (χ0) is 24.0. The summed E-state index contributed by atoms with van der Waals surface area (Å²) >= 11 is 0. The van der Waals surface area contributed by atoms with Crippen LogP contribution in [0.1, 0.15) is 29.2 Å². The number of hydrogen-bond acceptors (Lipinski definition) is 4. The smallest absolute Gasteiger partial charge is 0.243 e. The standard InChI is InChI=1S/C26H30N2O4S/c1-5-32-24-14-10-9-13-22(24)27-26(29)23(17-21-11-7-6-8-12-21)28-33(30,31)25-19(3)15-18(2)16-20(25)4/h6-16,23,28H,5,17H2,1-4H3,(H,27,29). The number of para-hydroxylation sites is 2. The number of anilines is 1. The van der Waals surface area contributed by atoms with E-state index in [0.29, 0.717) is 29.2 Å². The third kappa shape index (κ3) is 6.21. The second-order valence-electron chi connectivity index (χ2n) is 8.01. The average Bonchev–Trinajstić information content (AvgIpc) is 2.74. The van der Waals surface area contributed by atoms with E-state index in [4.69, 9.17) is 4.74 Å². The Morgan fingerprint density at radius 3 is 2.18 bits per heavy atom. The predicted octanol–water partition coefficient (Wildman–Crippen LogP) is 4.54. The number of ether oxygens (including phenoxy) is 1. The van der Waals surface area contributed by atoms with Gasteiger partial charge in [0.1, 0.15) is 11.8 Å². The average molecular weight is 467 g/mol. The monoisotopic (exact) mass is 466 g/mol. The van der Waals surface area contributed by atoms with Crippen molar-refractivity contribution in [3.05, 3.63) is 89.0 Å². The molecule has 0 spiro atoms. The maximum absolute atomic E-state index is 13.4. The Kier molecular flexibility index (Phi) is 7.89. The molecule has 0 aliphatic carbocycles. The molecule has 3 aromatic carbocycles. The Bertz CT molecular complexity index is 1200. The molecule has 1 unspecified atom stereocenters. The molecular weight excluding hydrogens is 436 g/mol. The zero-order valence-electron chi connectivity index (χ0n) is 19.4. The maximum atomic E-state index is 13.4. The van der Waals surface area contributed by atoms with Crippen LogP contribution in [0.2, 0.25) is 0 Å². The number of sulfonamides is 1. The lowest BCUT2D eigenvalue weighted by Gasteiger charge is -2.21. The van der Waals surface area contributed by atoms with Gasteiger partial charge in [-0.1, -0.05) is 60.2 Å². The molecule has 0 fully saturated rings. The molecule has 1 amide bonds. The molecule has 3 rings (SSSR count). The molecule has 174 valence electrons. The summed E-state index contributed by atoms with van der Waals surface area (Å²) in [5.41, 5.74) is 3.59. The summed E-state index contributed by atoms with van der Waals surface area (Å²) in [7, 11) is -3.96. The van der Waals surface area contributed by atoms with Crippen molar-refractivity contribution in [2.75, 3.05) is 11.9 Å². The van der Waals surface area contributed by atoms with E-state index in [0.717, 1.165) is 11.1 Å². The predicted molar refractivity (Wildman–Crippen MR) is 131 cm³/mol. The molecular formula is C26H30N2O4S. The minimum Gasteiger partial charge on any atom is -0.492 e. The molecule has 0 aromatic heterocycles. The topological polar surface area (TPSA) is 84.5 Å². The summed E-state index contributed by atoms with van der Waals surface area (Å²) in [6, 6.07) is 19.0. The highest BCUT2D eigenvalue weighted by molar-refractivity contribution is 7.89. The minimum atomic E-state index is -3.96. The fraction of sp³-hybridized carbons (Fsp3) is 0.269. The SMILES string of the molecule is CCOc1ccccc1NC(=O)C(Cc1ccccc1)NS(=O)(=O)c1c(C)cc(C)cc1C. The second kappa shape index (κ2) is 10.6. The highest BCUT2D eigenvalue weighted by atomic mass is 32.2. The number of nitrogens with one attached hydrogen (secondary N) is 2. The fourth-order valence-corrected chi connectivity index (χ4v) is 5.59. The quantitative estimate of drug-likeness (QED) is 0.485. The molecule has 0 heterocycles. The lowest BCUT2D eigenvalue weighted by molar-refractivity contribution is -0.117. The van der Waals surface area contributed by atoms with E-state index in [-0.39, 0.29) is 11.3 Å². The van der Waals surface area contributed by atoms with E-state index >= 15 is 0 Å². The molecule has 0 radical (unpaired) electrons. The van der Waals surface area contributed by atoms with Crippen molar-refractivity contribution in [1.29, 1.82) is 0 Å². The van der Waals surface area contributed by atoms with Gasteiger partial charge in [0, 0.05) is 0 Å². The third-order valence-electron chi connectivity index (χ3n) is 5.21. The van der Waals surface area contributed by atoms with Crippen LogP contribution < -0.4 is 14.8 Å². The molecule has 0 aliphatic rings. The Morgan fingerprint density at radius 1 is 0.939 bits per heavy atom.